The minimum Gasteiger partial charge on any atom is -0.305 e. The Hall–Kier alpha value is -3.73. The number of carbonyl (C=O) groups excluding carboxylic acids is 1. The van der Waals surface area contributed by atoms with Gasteiger partial charge >= 0.3 is 0 Å². The van der Waals surface area contributed by atoms with Gasteiger partial charge in [-0.15, -0.1) is 0 Å². The highest BCUT2D eigenvalue weighted by Gasteiger charge is 2.18. The van der Waals surface area contributed by atoms with Crippen LogP contribution in [0.3, 0.4) is 0 Å². The Bertz CT molecular complexity index is 1070. The van der Waals surface area contributed by atoms with E-state index in [2.05, 4.69) is 15.4 Å². The maximum atomic E-state index is 13.0. The summed E-state index contributed by atoms with van der Waals surface area (Å²) < 4.78 is 1.66. The Morgan fingerprint density at radius 3 is 2.33 bits per heavy atom. The van der Waals surface area contributed by atoms with Crippen LogP contribution in [0.1, 0.15) is 16.1 Å². The molecule has 132 valence electrons. The second-order valence-electron chi connectivity index (χ2n) is 6.20. The molecule has 1 N–H and O–H groups in total. The van der Waals surface area contributed by atoms with Crippen LogP contribution in [0.4, 0.5) is 5.82 Å². The lowest BCUT2D eigenvalue weighted by atomic mass is 10.1. The van der Waals surface area contributed by atoms with E-state index in [0.29, 0.717) is 11.5 Å². The number of benzene rings is 2. The molecule has 0 bridgehead atoms. The first kappa shape index (κ1) is 16.7. The van der Waals surface area contributed by atoms with Gasteiger partial charge in [-0.3, -0.25) is 4.79 Å². The van der Waals surface area contributed by atoms with E-state index in [1.807, 2.05) is 79.7 Å². The van der Waals surface area contributed by atoms with Crippen LogP contribution in [0, 0.1) is 6.92 Å². The van der Waals surface area contributed by atoms with Gasteiger partial charge in [-0.05, 0) is 42.8 Å². The molecule has 0 radical (unpaired) electrons. The van der Waals surface area contributed by atoms with E-state index >= 15 is 0 Å². The van der Waals surface area contributed by atoms with Gasteiger partial charge in [-0.25, -0.2) is 9.67 Å². The Morgan fingerprint density at radius 2 is 1.63 bits per heavy atom. The van der Waals surface area contributed by atoms with Crippen molar-refractivity contribution in [2.24, 2.45) is 0 Å². The molecule has 5 nitrogen and oxygen atoms in total. The molecule has 0 unspecified atom stereocenters. The average Bonchev–Trinajstić information content (AvgIpc) is 3.15. The van der Waals surface area contributed by atoms with Crippen LogP contribution in [0.15, 0.2) is 85.1 Å². The molecule has 0 spiro atoms. The molecule has 5 heteroatoms. The summed E-state index contributed by atoms with van der Waals surface area (Å²) in [6.45, 7) is 1.96. The highest BCUT2D eigenvalue weighted by molar-refractivity contribution is 6.03. The third kappa shape index (κ3) is 3.62. The van der Waals surface area contributed by atoms with Gasteiger partial charge < -0.3 is 5.32 Å². The zero-order valence-corrected chi connectivity index (χ0v) is 14.8. The molecule has 2 aromatic carbocycles. The molecule has 1 amide bonds. The van der Waals surface area contributed by atoms with Crippen LogP contribution in [-0.2, 0) is 0 Å². The van der Waals surface area contributed by atoms with Crippen molar-refractivity contribution in [1.82, 2.24) is 14.8 Å². The molecule has 0 saturated carbocycles. The average molecular weight is 354 g/mol. The molecule has 0 saturated heterocycles. The number of anilines is 1. The molecule has 0 aliphatic heterocycles. The first-order valence-corrected chi connectivity index (χ1v) is 8.65. The maximum absolute atomic E-state index is 13.0. The van der Waals surface area contributed by atoms with Gasteiger partial charge in [0.1, 0.15) is 11.5 Å². The molecular weight excluding hydrogens is 336 g/mol. The minimum atomic E-state index is -0.258. The van der Waals surface area contributed by atoms with Gasteiger partial charge in [0.25, 0.3) is 5.91 Å². The number of rotatable bonds is 4. The van der Waals surface area contributed by atoms with Crippen molar-refractivity contribution in [2.45, 2.75) is 6.92 Å². The highest BCUT2D eigenvalue weighted by atomic mass is 16.2. The standard InChI is InChI=1S/C22H18N4O/c1-16-12-13-23-21(14-16)24-22(27)20-15-19(17-8-4-2-5-9-17)25-26(20)18-10-6-3-7-11-18/h2-15H,1H3,(H,23,24,27). The first-order chi connectivity index (χ1) is 13.2. The number of amides is 1. The third-order valence-corrected chi connectivity index (χ3v) is 4.17. The van der Waals surface area contributed by atoms with Gasteiger partial charge in [0.2, 0.25) is 0 Å². The monoisotopic (exact) mass is 354 g/mol. The summed E-state index contributed by atoms with van der Waals surface area (Å²) in [7, 11) is 0. The summed E-state index contributed by atoms with van der Waals surface area (Å²) in [6, 6.07) is 24.9. The lowest BCUT2D eigenvalue weighted by molar-refractivity contribution is 0.101. The topological polar surface area (TPSA) is 59.8 Å². The van der Waals surface area contributed by atoms with Crippen LogP contribution in [0.25, 0.3) is 16.9 Å². The van der Waals surface area contributed by atoms with Crippen molar-refractivity contribution >= 4 is 11.7 Å². The molecule has 0 aliphatic carbocycles. The smallest absolute Gasteiger partial charge is 0.275 e. The Labute approximate surface area is 157 Å². The number of hydrogen-bond acceptors (Lipinski definition) is 3. The number of nitrogens with zero attached hydrogens (tertiary/aromatic N) is 3. The molecule has 2 aromatic heterocycles. The predicted molar refractivity (Wildman–Crippen MR) is 106 cm³/mol. The highest BCUT2D eigenvalue weighted by Crippen LogP contribution is 2.22. The fourth-order valence-corrected chi connectivity index (χ4v) is 2.84. The van der Waals surface area contributed by atoms with E-state index in [1.54, 1.807) is 16.9 Å². The summed E-state index contributed by atoms with van der Waals surface area (Å²) in [5.74, 6) is 0.258. The number of carbonyl (C=O) groups is 1. The van der Waals surface area contributed by atoms with Gasteiger partial charge in [0, 0.05) is 11.8 Å². The van der Waals surface area contributed by atoms with Crippen molar-refractivity contribution in [1.29, 1.82) is 0 Å². The van der Waals surface area contributed by atoms with Crippen LogP contribution in [0.2, 0.25) is 0 Å². The van der Waals surface area contributed by atoms with Gasteiger partial charge in [-0.1, -0.05) is 48.5 Å². The largest absolute Gasteiger partial charge is 0.305 e. The fourth-order valence-electron chi connectivity index (χ4n) is 2.84. The molecule has 27 heavy (non-hydrogen) atoms. The van der Waals surface area contributed by atoms with Crippen LogP contribution >= 0.6 is 0 Å². The van der Waals surface area contributed by atoms with Crippen LogP contribution < -0.4 is 5.32 Å². The summed E-state index contributed by atoms with van der Waals surface area (Å²) in [6.07, 6.45) is 1.68. The van der Waals surface area contributed by atoms with Crippen molar-refractivity contribution in [3.8, 4) is 16.9 Å². The summed E-state index contributed by atoms with van der Waals surface area (Å²) in [5, 5.41) is 7.53. The summed E-state index contributed by atoms with van der Waals surface area (Å²) >= 11 is 0. The third-order valence-electron chi connectivity index (χ3n) is 4.17. The van der Waals surface area contributed by atoms with Gasteiger partial charge in [-0.2, -0.15) is 5.10 Å². The Balaban J connectivity index is 1.76. The Kier molecular flexibility index (Phi) is 4.49. The van der Waals surface area contributed by atoms with Gasteiger partial charge in [0.05, 0.1) is 11.4 Å². The quantitative estimate of drug-likeness (QED) is 0.587. The molecule has 4 rings (SSSR count). The number of para-hydroxylation sites is 1. The zero-order valence-electron chi connectivity index (χ0n) is 14.8. The van der Waals surface area contributed by atoms with E-state index in [9.17, 15) is 4.79 Å². The lowest BCUT2D eigenvalue weighted by Gasteiger charge is -2.08. The second kappa shape index (κ2) is 7.25. The van der Waals surface area contributed by atoms with Crippen molar-refractivity contribution < 1.29 is 4.79 Å². The molecule has 0 aliphatic rings. The van der Waals surface area contributed by atoms with Gasteiger partial charge in [0.15, 0.2) is 0 Å². The summed E-state index contributed by atoms with van der Waals surface area (Å²) in [5.41, 5.74) is 3.99. The molecule has 4 aromatic rings. The number of aryl methyl sites for hydroxylation is 1. The number of nitrogens with one attached hydrogen (secondary N) is 1. The maximum Gasteiger partial charge on any atom is 0.275 e. The number of hydrogen-bond donors (Lipinski definition) is 1. The van der Waals surface area contributed by atoms with E-state index in [4.69, 9.17) is 0 Å². The van der Waals surface area contributed by atoms with E-state index < -0.39 is 0 Å². The second-order valence-corrected chi connectivity index (χ2v) is 6.20. The van der Waals surface area contributed by atoms with E-state index in [1.165, 1.54) is 0 Å². The predicted octanol–water partition coefficient (Wildman–Crippen LogP) is 4.50. The fraction of sp³-hybridized carbons (Fsp3) is 0.0455. The molecular formula is C22H18N4O. The SMILES string of the molecule is Cc1ccnc(NC(=O)c2cc(-c3ccccc3)nn2-c2ccccc2)c1. The van der Waals surface area contributed by atoms with Crippen LogP contribution in [0.5, 0.6) is 0 Å². The molecule has 0 fully saturated rings. The normalized spacial score (nSPS) is 10.6. The lowest BCUT2D eigenvalue weighted by Crippen LogP contribution is -2.17. The summed E-state index contributed by atoms with van der Waals surface area (Å²) in [4.78, 5) is 17.2. The first-order valence-electron chi connectivity index (χ1n) is 8.65. The van der Waals surface area contributed by atoms with E-state index in [0.717, 1.165) is 22.5 Å². The van der Waals surface area contributed by atoms with Crippen molar-refractivity contribution in [3.63, 3.8) is 0 Å². The number of aromatic nitrogens is 3. The Morgan fingerprint density at radius 1 is 0.926 bits per heavy atom. The molecule has 2 heterocycles. The minimum absolute atomic E-state index is 0.258. The zero-order chi connectivity index (χ0) is 18.6. The van der Waals surface area contributed by atoms with Crippen LogP contribution in [-0.4, -0.2) is 20.7 Å². The van der Waals surface area contributed by atoms with E-state index in [-0.39, 0.29) is 5.91 Å². The molecule has 0 atom stereocenters. The number of pyridine rings is 1. The van der Waals surface area contributed by atoms with Crippen molar-refractivity contribution in [2.75, 3.05) is 5.32 Å². The van der Waals surface area contributed by atoms with Crippen molar-refractivity contribution in [3.05, 3.63) is 96.3 Å².